The van der Waals surface area contributed by atoms with Crippen LogP contribution < -0.4 is 0 Å². The molecule has 23 heavy (non-hydrogen) atoms. The van der Waals surface area contributed by atoms with Crippen LogP contribution in [0.5, 0.6) is 0 Å². The van der Waals surface area contributed by atoms with Crippen LogP contribution >= 0.6 is 15.9 Å². The van der Waals surface area contributed by atoms with Crippen LogP contribution in [0.4, 0.5) is 0 Å². The van der Waals surface area contributed by atoms with Crippen molar-refractivity contribution in [1.29, 1.82) is 0 Å². The predicted octanol–water partition coefficient (Wildman–Crippen LogP) is 7.48. The molecule has 0 bridgehead atoms. The Bertz CT molecular complexity index is 660. The predicted molar refractivity (Wildman–Crippen MR) is 106 cm³/mol. The first-order chi connectivity index (χ1) is 11.3. The molecule has 2 aromatic carbocycles. The van der Waals surface area contributed by atoms with Gasteiger partial charge in [-0.2, -0.15) is 0 Å². The summed E-state index contributed by atoms with van der Waals surface area (Å²) < 4.78 is 1.14. The number of halogens is 1. The third kappa shape index (κ3) is 6.04. The van der Waals surface area contributed by atoms with E-state index in [0.717, 1.165) is 16.5 Å². The number of fused-ring (bicyclic) bond motifs is 1. The van der Waals surface area contributed by atoms with Crippen LogP contribution in [-0.4, -0.2) is 0 Å². The molecule has 0 amide bonds. The van der Waals surface area contributed by atoms with Gasteiger partial charge in [-0.1, -0.05) is 104 Å². The van der Waals surface area contributed by atoms with E-state index in [1.54, 1.807) is 0 Å². The lowest BCUT2D eigenvalue weighted by Gasteiger charge is -2.02. The fourth-order valence-electron chi connectivity index (χ4n) is 2.88. The van der Waals surface area contributed by atoms with Crippen molar-refractivity contribution in [2.24, 2.45) is 0 Å². The average molecular weight is 371 g/mol. The zero-order valence-electron chi connectivity index (χ0n) is 14.2. The average Bonchev–Trinajstić information content (AvgIpc) is 2.58. The van der Waals surface area contributed by atoms with Gasteiger partial charge in [0.25, 0.3) is 0 Å². The van der Waals surface area contributed by atoms with Gasteiger partial charge in [-0.15, -0.1) is 0 Å². The van der Waals surface area contributed by atoms with E-state index in [0.29, 0.717) is 0 Å². The Morgan fingerprint density at radius 3 is 2.17 bits per heavy atom. The van der Waals surface area contributed by atoms with Crippen molar-refractivity contribution in [1.82, 2.24) is 0 Å². The van der Waals surface area contributed by atoms with Crippen LogP contribution in [0.15, 0.2) is 40.9 Å². The molecule has 2 rings (SSSR count). The van der Waals surface area contributed by atoms with Crippen LogP contribution in [-0.2, 0) is 0 Å². The Balaban J connectivity index is 1.76. The molecule has 2 aromatic rings. The van der Waals surface area contributed by atoms with Crippen molar-refractivity contribution in [2.75, 3.05) is 0 Å². The number of benzene rings is 2. The fourth-order valence-corrected chi connectivity index (χ4v) is 3.35. The van der Waals surface area contributed by atoms with Gasteiger partial charge in [0.15, 0.2) is 0 Å². The van der Waals surface area contributed by atoms with Gasteiger partial charge < -0.3 is 0 Å². The topological polar surface area (TPSA) is 0 Å². The molecule has 0 radical (unpaired) electrons. The molecule has 0 aromatic heterocycles. The zero-order valence-corrected chi connectivity index (χ0v) is 15.8. The van der Waals surface area contributed by atoms with E-state index in [9.17, 15) is 0 Å². The minimum atomic E-state index is 1.01. The SMILES string of the molecule is CCCCCCCCCCC#Cc1ccc(Br)c2ccccc12. The van der Waals surface area contributed by atoms with Gasteiger partial charge in [0.1, 0.15) is 0 Å². The molecule has 0 aliphatic heterocycles. The van der Waals surface area contributed by atoms with Crippen LogP contribution in [0, 0.1) is 11.8 Å². The first-order valence-corrected chi connectivity index (χ1v) is 9.78. The standard InChI is InChI=1S/C22H27Br/c1-2-3-4-5-6-7-8-9-10-11-14-19-17-18-22(23)21-16-13-12-15-20(19)21/h12-13,15-18H,2-10H2,1H3. The molecule has 0 aliphatic rings. The van der Waals surface area contributed by atoms with Crippen molar-refractivity contribution >= 4 is 26.7 Å². The summed E-state index contributed by atoms with van der Waals surface area (Å²) in [4.78, 5) is 0. The molecule has 0 spiro atoms. The highest BCUT2D eigenvalue weighted by Crippen LogP contribution is 2.26. The van der Waals surface area contributed by atoms with Crippen LogP contribution in [0.1, 0.15) is 70.3 Å². The molecule has 0 saturated carbocycles. The van der Waals surface area contributed by atoms with Crippen LogP contribution in [0.3, 0.4) is 0 Å². The molecular formula is C22H27Br. The molecule has 1 heteroatoms. The molecule has 122 valence electrons. The van der Waals surface area contributed by atoms with E-state index >= 15 is 0 Å². The normalized spacial score (nSPS) is 10.5. The Morgan fingerprint density at radius 1 is 0.783 bits per heavy atom. The lowest BCUT2D eigenvalue weighted by molar-refractivity contribution is 0.579. The number of hydrogen-bond donors (Lipinski definition) is 0. The van der Waals surface area contributed by atoms with E-state index < -0.39 is 0 Å². The van der Waals surface area contributed by atoms with Gasteiger partial charge in [-0.05, 0) is 29.3 Å². The fraction of sp³-hybridized carbons (Fsp3) is 0.455. The van der Waals surface area contributed by atoms with Gasteiger partial charge in [0.05, 0.1) is 0 Å². The summed E-state index contributed by atoms with van der Waals surface area (Å²) in [5.41, 5.74) is 1.14. The minimum absolute atomic E-state index is 1.01. The molecule has 0 fully saturated rings. The highest BCUT2D eigenvalue weighted by Gasteiger charge is 2.01. The van der Waals surface area contributed by atoms with Crippen molar-refractivity contribution in [3.8, 4) is 11.8 Å². The molecule has 0 unspecified atom stereocenters. The quantitative estimate of drug-likeness (QED) is 0.333. The van der Waals surface area contributed by atoms with E-state index in [4.69, 9.17) is 0 Å². The van der Waals surface area contributed by atoms with Crippen molar-refractivity contribution < 1.29 is 0 Å². The van der Waals surface area contributed by atoms with Gasteiger partial charge in [0, 0.05) is 16.5 Å². The van der Waals surface area contributed by atoms with Gasteiger partial charge >= 0.3 is 0 Å². The maximum absolute atomic E-state index is 3.62. The highest BCUT2D eigenvalue weighted by molar-refractivity contribution is 9.10. The first-order valence-electron chi connectivity index (χ1n) is 8.99. The number of rotatable bonds is 8. The third-order valence-corrected chi connectivity index (χ3v) is 4.94. The summed E-state index contributed by atoms with van der Waals surface area (Å²) >= 11 is 3.62. The lowest BCUT2D eigenvalue weighted by atomic mass is 10.0. The second kappa shape index (κ2) is 10.5. The number of hydrogen-bond acceptors (Lipinski definition) is 0. The van der Waals surface area contributed by atoms with Crippen molar-refractivity contribution in [3.05, 3.63) is 46.4 Å². The van der Waals surface area contributed by atoms with Crippen molar-refractivity contribution in [2.45, 2.75) is 64.7 Å². The molecule has 0 aliphatic carbocycles. The molecule has 0 atom stereocenters. The van der Waals surface area contributed by atoms with E-state index in [2.05, 4.69) is 71.1 Å². The summed E-state index contributed by atoms with van der Waals surface area (Å²) in [7, 11) is 0. The monoisotopic (exact) mass is 370 g/mol. The van der Waals surface area contributed by atoms with Crippen LogP contribution in [0.2, 0.25) is 0 Å². The largest absolute Gasteiger partial charge is 0.0979 e. The maximum Gasteiger partial charge on any atom is 0.0324 e. The third-order valence-electron chi connectivity index (χ3n) is 4.25. The van der Waals surface area contributed by atoms with E-state index in [-0.39, 0.29) is 0 Å². The molecule has 0 heterocycles. The Morgan fingerprint density at radius 2 is 1.43 bits per heavy atom. The van der Waals surface area contributed by atoms with Gasteiger partial charge in [0.2, 0.25) is 0 Å². The number of unbranched alkanes of at least 4 members (excludes halogenated alkanes) is 8. The van der Waals surface area contributed by atoms with E-state index in [1.165, 1.54) is 62.1 Å². The Kier molecular flexibility index (Phi) is 8.26. The molecule has 0 N–H and O–H groups in total. The molecule has 0 nitrogen and oxygen atoms in total. The summed E-state index contributed by atoms with van der Waals surface area (Å²) in [5, 5.41) is 2.48. The van der Waals surface area contributed by atoms with Gasteiger partial charge in [-0.3, -0.25) is 0 Å². The molecule has 0 saturated heterocycles. The minimum Gasteiger partial charge on any atom is -0.0979 e. The Labute approximate surface area is 149 Å². The Hall–Kier alpha value is -1.26. The van der Waals surface area contributed by atoms with E-state index in [1.807, 2.05) is 0 Å². The van der Waals surface area contributed by atoms with Crippen molar-refractivity contribution in [3.63, 3.8) is 0 Å². The summed E-state index contributed by atoms with van der Waals surface area (Å²) in [5.74, 6) is 6.72. The second-order valence-electron chi connectivity index (χ2n) is 6.17. The van der Waals surface area contributed by atoms with Gasteiger partial charge in [-0.25, -0.2) is 0 Å². The second-order valence-corrected chi connectivity index (χ2v) is 7.02. The summed E-state index contributed by atoms with van der Waals surface area (Å²) in [6.45, 7) is 2.27. The maximum atomic E-state index is 3.62. The summed E-state index contributed by atoms with van der Waals surface area (Å²) in [6, 6.07) is 12.7. The smallest absolute Gasteiger partial charge is 0.0324 e. The summed E-state index contributed by atoms with van der Waals surface area (Å²) in [6.07, 6.45) is 11.9. The first kappa shape index (κ1) is 18.1. The highest BCUT2D eigenvalue weighted by atomic mass is 79.9. The zero-order chi connectivity index (χ0) is 16.3. The lowest BCUT2D eigenvalue weighted by Crippen LogP contribution is -1.82. The van der Waals surface area contributed by atoms with Crippen LogP contribution in [0.25, 0.3) is 10.8 Å². The molecular weight excluding hydrogens is 344 g/mol.